The first-order chi connectivity index (χ1) is 14.1. The van der Waals surface area contributed by atoms with Crippen LogP contribution in [0.25, 0.3) is 0 Å². The first kappa shape index (κ1) is 22.7. The van der Waals surface area contributed by atoms with Gasteiger partial charge in [0.05, 0.1) is 7.11 Å². The van der Waals surface area contributed by atoms with Crippen molar-refractivity contribution in [3.8, 4) is 11.5 Å². The Morgan fingerprint density at radius 2 is 1.93 bits per heavy atom. The molecule has 7 heteroatoms. The molecule has 1 aromatic rings. The van der Waals surface area contributed by atoms with Crippen LogP contribution in [0.4, 0.5) is 0 Å². The molecular formula is C22H37N3O3S. The fraction of sp³-hybridized carbons (Fsp3) is 0.727. The van der Waals surface area contributed by atoms with Gasteiger partial charge in [0, 0.05) is 37.7 Å². The lowest BCUT2D eigenvalue weighted by molar-refractivity contribution is 0.0705. The van der Waals surface area contributed by atoms with Gasteiger partial charge in [-0.05, 0) is 63.1 Å². The number of nitrogens with one attached hydrogen (secondary N) is 1. The third kappa shape index (κ3) is 7.64. The number of β-amino-alcohol motifs (C(OH)–C–C–N with tert-alkyl or cyclic N) is 1. The molecule has 2 fully saturated rings. The van der Waals surface area contributed by atoms with Gasteiger partial charge in [0.25, 0.3) is 0 Å². The number of hydrogen-bond acceptors (Lipinski definition) is 7. The Bertz CT molecular complexity index is 605. The van der Waals surface area contributed by atoms with Crippen LogP contribution in [-0.4, -0.2) is 92.5 Å². The van der Waals surface area contributed by atoms with Crippen LogP contribution < -0.4 is 14.8 Å². The third-order valence-electron chi connectivity index (χ3n) is 5.83. The van der Waals surface area contributed by atoms with Crippen LogP contribution in [0.3, 0.4) is 0 Å². The van der Waals surface area contributed by atoms with Crippen LogP contribution in [-0.2, 0) is 6.54 Å². The van der Waals surface area contributed by atoms with Crippen molar-refractivity contribution in [1.29, 1.82) is 0 Å². The summed E-state index contributed by atoms with van der Waals surface area (Å²) in [6, 6.07) is 6.06. The molecule has 0 aromatic heterocycles. The second-order valence-corrected chi connectivity index (χ2v) is 9.47. The highest BCUT2D eigenvalue weighted by Crippen LogP contribution is 2.28. The summed E-state index contributed by atoms with van der Waals surface area (Å²) >= 11 is 1.98. The second-order valence-electron chi connectivity index (χ2n) is 8.24. The molecule has 2 saturated heterocycles. The number of aliphatic hydroxyl groups is 1. The third-order valence-corrected chi connectivity index (χ3v) is 6.77. The minimum Gasteiger partial charge on any atom is -0.493 e. The van der Waals surface area contributed by atoms with E-state index in [1.165, 1.54) is 31.5 Å². The van der Waals surface area contributed by atoms with Gasteiger partial charge in [0.1, 0.15) is 12.7 Å². The zero-order valence-corrected chi connectivity index (χ0v) is 18.8. The molecule has 0 bridgehead atoms. The fourth-order valence-corrected chi connectivity index (χ4v) is 4.93. The van der Waals surface area contributed by atoms with Gasteiger partial charge in [-0.1, -0.05) is 6.07 Å². The Kier molecular flexibility index (Phi) is 9.39. The van der Waals surface area contributed by atoms with Crippen LogP contribution in [0.15, 0.2) is 18.2 Å². The topological polar surface area (TPSA) is 57.2 Å². The van der Waals surface area contributed by atoms with E-state index in [1.54, 1.807) is 7.11 Å². The predicted molar refractivity (Wildman–Crippen MR) is 120 cm³/mol. The number of rotatable bonds is 10. The van der Waals surface area contributed by atoms with Gasteiger partial charge in [-0.15, -0.1) is 0 Å². The predicted octanol–water partition coefficient (Wildman–Crippen LogP) is 1.92. The van der Waals surface area contributed by atoms with Crippen molar-refractivity contribution in [2.75, 3.05) is 71.5 Å². The van der Waals surface area contributed by atoms with Crippen LogP contribution in [0, 0.1) is 5.92 Å². The highest BCUT2D eigenvalue weighted by atomic mass is 32.2. The number of likely N-dealkylation sites (tertiary alicyclic amines) is 1. The molecule has 6 nitrogen and oxygen atoms in total. The molecule has 2 N–H and O–H groups in total. The van der Waals surface area contributed by atoms with Gasteiger partial charge >= 0.3 is 0 Å². The van der Waals surface area contributed by atoms with Gasteiger partial charge in [-0.3, -0.25) is 4.90 Å². The van der Waals surface area contributed by atoms with E-state index >= 15 is 0 Å². The molecule has 3 rings (SSSR count). The molecule has 0 saturated carbocycles. The zero-order valence-electron chi connectivity index (χ0n) is 17.9. The second kappa shape index (κ2) is 12.0. The minimum atomic E-state index is -0.487. The van der Waals surface area contributed by atoms with Crippen LogP contribution in [0.1, 0.15) is 18.4 Å². The smallest absolute Gasteiger partial charge is 0.161 e. The molecule has 0 aliphatic carbocycles. The molecule has 0 amide bonds. The molecule has 0 spiro atoms. The summed E-state index contributed by atoms with van der Waals surface area (Å²) < 4.78 is 11.4. The zero-order chi connectivity index (χ0) is 20.5. The number of piperidine rings is 1. The molecule has 2 heterocycles. The molecule has 2 aliphatic rings. The van der Waals surface area contributed by atoms with Gasteiger partial charge < -0.3 is 24.8 Å². The Morgan fingerprint density at radius 1 is 1.17 bits per heavy atom. The molecular weight excluding hydrogens is 386 g/mol. The largest absolute Gasteiger partial charge is 0.493 e. The molecule has 1 aromatic carbocycles. The van der Waals surface area contributed by atoms with Crippen molar-refractivity contribution in [2.24, 2.45) is 5.92 Å². The van der Waals surface area contributed by atoms with E-state index in [0.717, 1.165) is 49.4 Å². The summed E-state index contributed by atoms with van der Waals surface area (Å²) in [5.41, 5.74) is 1.19. The van der Waals surface area contributed by atoms with Gasteiger partial charge in [-0.25, -0.2) is 0 Å². The Morgan fingerprint density at radius 3 is 2.66 bits per heavy atom. The summed E-state index contributed by atoms with van der Waals surface area (Å²) in [5.74, 6) is 4.49. The fourth-order valence-electron chi connectivity index (χ4n) is 3.95. The Balaban J connectivity index is 1.41. The molecule has 1 atom stereocenters. The molecule has 2 aliphatic heterocycles. The van der Waals surface area contributed by atoms with Crippen LogP contribution >= 0.6 is 11.8 Å². The summed E-state index contributed by atoms with van der Waals surface area (Å²) in [4.78, 5) is 4.71. The first-order valence-electron chi connectivity index (χ1n) is 10.8. The van der Waals surface area contributed by atoms with Crippen LogP contribution in [0.5, 0.6) is 11.5 Å². The number of ether oxygens (including phenoxy) is 2. The van der Waals surface area contributed by atoms with Crippen molar-refractivity contribution in [2.45, 2.75) is 25.5 Å². The Labute approximate surface area is 179 Å². The van der Waals surface area contributed by atoms with E-state index in [-0.39, 0.29) is 6.61 Å². The number of nitrogens with zero attached hydrogens (tertiary/aromatic N) is 2. The highest BCUT2D eigenvalue weighted by molar-refractivity contribution is 7.99. The SMILES string of the molecule is COc1cc(CNCC2CCN(C)CC2)ccc1OCC(O)CN1CCSCC1. The first-order valence-corrected chi connectivity index (χ1v) is 12.0. The van der Waals surface area contributed by atoms with Crippen molar-refractivity contribution in [3.05, 3.63) is 23.8 Å². The van der Waals surface area contributed by atoms with E-state index < -0.39 is 6.10 Å². The van der Waals surface area contributed by atoms with Gasteiger partial charge in [0.15, 0.2) is 11.5 Å². The molecule has 29 heavy (non-hydrogen) atoms. The average molecular weight is 424 g/mol. The lowest BCUT2D eigenvalue weighted by Gasteiger charge is -2.29. The quantitative estimate of drug-likeness (QED) is 0.596. The maximum atomic E-state index is 10.3. The minimum absolute atomic E-state index is 0.285. The van der Waals surface area contributed by atoms with Gasteiger partial charge in [0.2, 0.25) is 0 Å². The molecule has 0 radical (unpaired) electrons. The maximum absolute atomic E-state index is 10.3. The molecule has 164 valence electrons. The number of benzene rings is 1. The highest BCUT2D eigenvalue weighted by Gasteiger charge is 2.17. The Hall–Kier alpha value is -0.990. The van der Waals surface area contributed by atoms with E-state index in [1.807, 2.05) is 23.9 Å². The van der Waals surface area contributed by atoms with Crippen molar-refractivity contribution >= 4 is 11.8 Å². The summed E-state index contributed by atoms with van der Waals surface area (Å²) in [6.07, 6.45) is 2.06. The average Bonchev–Trinajstić information content (AvgIpc) is 2.75. The van der Waals surface area contributed by atoms with E-state index in [9.17, 15) is 5.11 Å². The van der Waals surface area contributed by atoms with E-state index in [0.29, 0.717) is 12.3 Å². The number of hydrogen-bond donors (Lipinski definition) is 2. The van der Waals surface area contributed by atoms with E-state index in [2.05, 4.69) is 28.2 Å². The van der Waals surface area contributed by atoms with Gasteiger partial charge in [-0.2, -0.15) is 11.8 Å². The monoisotopic (exact) mass is 423 g/mol. The maximum Gasteiger partial charge on any atom is 0.161 e. The standard InChI is InChI=1S/C22H37N3O3S/c1-24-7-5-18(6-8-24)14-23-15-19-3-4-21(22(13-19)27-2)28-17-20(26)16-25-9-11-29-12-10-25/h3-4,13,18,20,23,26H,5-12,14-17H2,1-2H3. The molecule has 1 unspecified atom stereocenters. The van der Waals surface area contributed by atoms with Crippen molar-refractivity contribution < 1.29 is 14.6 Å². The van der Waals surface area contributed by atoms with Crippen molar-refractivity contribution in [3.63, 3.8) is 0 Å². The number of thioether (sulfide) groups is 1. The summed E-state index contributed by atoms with van der Waals surface area (Å²) in [5, 5.41) is 13.9. The van der Waals surface area contributed by atoms with Crippen LogP contribution in [0.2, 0.25) is 0 Å². The number of aliphatic hydroxyl groups excluding tert-OH is 1. The lowest BCUT2D eigenvalue weighted by Crippen LogP contribution is -2.40. The summed E-state index contributed by atoms with van der Waals surface area (Å²) in [7, 11) is 3.87. The number of methoxy groups -OCH3 is 1. The summed E-state index contributed by atoms with van der Waals surface area (Å²) in [6.45, 7) is 7.35. The lowest BCUT2D eigenvalue weighted by atomic mass is 9.97. The normalized spacial score (nSPS) is 20.5. The van der Waals surface area contributed by atoms with Crippen molar-refractivity contribution in [1.82, 2.24) is 15.1 Å². The van der Waals surface area contributed by atoms with E-state index in [4.69, 9.17) is 9.47 Å².